The molecule has 1 atom stereocenters. The molecule has 0 aliphatic carbocycles. The number of hydrogen-bond acceptors (Lipinski definition) is 5. The lowest BCUT2D eigenvalue weighted by Crippen LogP contribution is -2.16. The number of carbonyl (C=O) groups excluding carboxylic acids is 1. The van der Waals surface area contributed by atoms with Crippen LogP contribution in [0, 0.1) is 0 Å². The van der Waals surface area contributed by atoms with Crippen LogP contribution >= 0.6 is 0 Å². The van der Waals surface area contributed by atoms with E-state index in [0.717, 1.165) is 18.6 Å². The van der Waals surface area contributed by atoms with E-state index in [1.165, 1.54) is 0 Å². The van der Waals surface area contributed by atoms with Gasteiger partial charge in [0.2, 0.25) is 5.95 Å². The van der Waals surface area contributed by atoms with Gasteiger partial charge in [0.1, 0.15) is 5.75 Å². The first kappa shape index (κ1) is 15.9. The summed E-state index contributed by atoms with van der Waals surface area (Å²) in [4.78, 5) is 12.2. The number of tetrazole rings is 1. The van der Waals surface area contributed by atoms with Gasteiger partial charge in [-0.2, -0.15) is 0 Å². The molecule has 0 saturated carbocycles. The van der Waals surface area contributed by atoms with Crippen LogP contribution in [-0.4, -0.2) is 32.2 Å². The molecule has 0 bridgehead atoms. The fourth-order valence-corrected chi connectivity index (χ4v) is 1.83. The second-order valence-corrected chi connectivity index (χ2v) is 5.04. The molecule has 1 aromatic heterocycles. The highest BCUT2D eigenvalue weighted by atomic mass is 16.5. The van der Waals surface area contributed by atoms with Crippen LogP contribution in [0.2, 0.25) is 0 Å². The van der Waals surface area contributed by atoms with E-state index < -0.39 is 0 Å². The number of rotatable bonds is 7. The molecule has 1 heterocycles. The van der Waals surface area contributed by atoms with E-state index in [-0.39, 0.29) is 12.0 Å². The maximum absolute atomic E-state index is 12.2. The summed E-state index contributed by atoms with van der Waals surface area (Å²) in [5.74, 6) is 0.857. The molecular weight excluding hydrogens is 282 g/mol. The number of nitrogens with one attached hydrogen (secondary N) is 1. The molecule has 118 valence electrons. The van der Waals surface area contributed by atoms with Crippen LogP contribution in [0.3, 0.4) is 0 Å². The largest absolute Gasteiger partial charge is 0.491 e. The lowest BCUT2D eigenvalue weighted by molar-refractivity contribution is 0.102. The van der Waals surface area contributed by atoms with E-state index >= 15 is 0 Å². The van der Waals surface area contributed by atoms with Gasteiger partial charge in [-0.1, -0.05) is 18.9 Å². The minimum absolute atomic E-state index is 0.151. The van der Waals surface area contributed by atoms with Crippen molar-refractivity contribution < 1.29 is 9.53 Å². The molecule has 1 unspecified atom stereocenters. The SMILES string of the molecule is CCCn1nnnc1NC(=O)c1ccc(OC(C)CC)cc1. The number of ether oxygens (including phenoxy) is 1. The predicted molar refractivity (Wildman–Crippen MR) is 82.9 cm³/mol. The smallest absolute Gasteiger partial charge is 0.258 e. The summed E-state index contributed by atoms with van der Waals surface area (Å²) in [7, 11) is 0. The van der Waals surface area contributed by atoms with E-state index in [1.54, 1.807) is 28.9 Å². The zero-order valence-corrected chi connectivity index (χ0v) is 13.1. The Morgan fingerprint density at radius 1 is 1.32 bits per heavy atom. The Bertz CT molecular complexity index is 609. The van der Waals surface area contributed by atoms with Crippen LogP contribution in [0.1, 0.15) is 44.0 Å². The second kappa shape index (κ2) is 7.53. The number of anilines is 1. The van der Waals surface area contributed by atoms with Gasteiger partial charge in [-0.3, -0.25) is 10.1 Å². The molecule has 22 heavy (non-hydrogen) atoms. The Hall–Kier alpha value is -2.44. The summed E-state index contributed by atoms with van der Waals surface area (Å²) in [6, 6.07) is 7.02. The van der Waals surface area contributed by atoms with E-state index in [1.807, 2.05) is 13.8 Å². The molecule has 1 amide bonds. The lowest BCUT2D eigenvalue weighted by Gasteiger charge is -2.12. The summed E-state index contributed by atoms with van der Waals surface area (Å²) in [5, 5.41) is 13.9. The van der Waals surface area contributed by atoms with Gasteiger partial charge >= 0.3 is 0 Å². The Labute approximate surface area is 129 Å². The Morgan fingerprint density at radius 2 is 2.05 bits per heavy atom. The molecule has 7 heteroatoms. The number of benzene rings is 1. The van der Waals surface area contributed by atoms with Crippen LogP contribution < -0.4 is 10.1 Å². The molecule has 0 saturated heterocycles. The summed E-state index contributed by atoms with van der Waals surface area (Å²) >= 11 is 0. The fraction of sp³-hybridized carbons (Fsp3) is 0.467. The van der Waals surface area contributed by atoms with Gasteiger partial charge in [-0.05, 0) is 54.5 Å². The van der Waals surface area contributed by atoms with Crippen LogP contribution in [0.15, 0.2) is 24.3 Å². The molecule has 2 rings (SSSR count). The molecule has 0 aliphatic rings. The first-order valence-electron chi connectivity index (χ1n) is 7.48. The Balaban J connectivity index is 2.02. The zero-order chi connectivity index (χ0) is 15.9. The summed E-state index contributed by atoms with van der Waals surface area (Å²) in [5.41, 5.74) is 0.530. The number of carbonyl (C=O) groups is 1. The van der Waals surface area contributed by atoms with Gasteiger partial charge in [0.25, 0.3) is 5.91 Å². The molecule has 0 aliphatic heterocycles. The quantitative estimate of drug-likeness (QED) is 0.850. The molecule has 1 N–H and O–H groups in total. The third-order valence-electron chi connectivity index (χ3n) is 3.22. The maximum atomic E-state index is 12.2. The maximum Gasteiger partial charge on any atom is 0.258 e. The number of amides is 1. The van der Waals surface area contributed by atoms with Crippen LogP contribution in [0.25, 0.3) is 0 Å². The summed E-state index contributed by atoms with van der Waals surface area (Å²) < 4.78 is 7.25. The van der Waals surface area contributed by atoms with E-state index in [0.29, 0.717) is 18.1 Å². The average molecular weight is 303 g/mol. The van der Waals surface area contributed by atoms with Crippen molar-refractivity contribution in [1.82, 2.24) is 20.2 Å². The zero-order valence-electron chi connectivity index (χ0n) is 13.1. The van der Waals surface area contributed by atoms with Crippen molar-refractivity contribution in [3.05, 3.63) is 29.8 Å². The van der Waals surface area contributed by atoms with Gasteiger partial charge in [0.05, 0.1) is 6.10 Å². The molecule has 2 aromatic rings. The van der Waals surface area contributed by atoms with Crippen molar-refractivity contribution in [1.29, 1.82) is 0 Å². The standard InChI is InChI=1S/C15H21N5O2/c1-4-10-20-15(17-18-19-20)16-14(21)12-6-8-13(9-7-12)22-11(3)5-2/h6-9,11H,4-5,10H2,1-3H3,(H,16,17,19,21). The van der Waals surface area contributed by atoms with E-state index in [9.17, 15) is 4.79 Å². The Kier molecular flexibility index (Phi) is 5.46. The van der Waals surface area contributed by atoms with Gasteiger partial charge in [-0.15, -0.1) is 0 Å². The van der Waals surface area contributed by atoms with Crippen LogP contribution in [0.5, 0.6) is 5.75 Å². The minimum Gasteiger partial charge on any atom is -0.491 e. The number of hydrogen-bond donors (Lipinski definition) is 1. The predicted octanol–water partition coefficient (Wildman–Crippen LogP) is 2.51. The molecule has 1 aromatic carbocycles. The van der Waals surface area contributed by atoms with Gasteiger partial charge < -0.3 is 4.74 Å². The van der Waals surface area contributed by atoms with Gasteiger partial charge in [0, 0.05) is 12.1 Å². The first-order valence-corrected chi connectivity index (χ1v) is 7.48. The van der Waals surface area contributed by atoms with E-state index in [4.69, 9.17) is 4.74 Å². The molecule has 0 radical (unpaired) electrons. The lowest BCUT2D eigenvalue weighted by atomic mass is 10.2. The third-order valence-corrected chi connectivity index (χ3v) is 3.22. The monoisotopic (exact) mass is 303 g/mol. The molecule has 0 spiro atoms. The second-order valence-electron chi connectivity index (χ2n) is 5.04. The highest BCUT2D eigenvalue weighted by Gasteiger charge is 2.12. The number of aryl methyl sites for hydroxylation is 1. The van der Waals surface area contributed by atoms with Crippen molar-refractivity contribution in [3.8, 4) is 5.75 Å². The van der Waals surface area contributed by atoms with Crippen molar-refractivity contribution in [2.45, 2.75) is 46.3 Å². The molecule has 0 fully saturated rings. The number of nitrogens with zero attached hydrogens (tertiary/aromatic N) is 4. The third kappa shape index (κ3) is 4.03. The highest BCUT2D eigenvalue weighted by molar-refractivity contribution is 6.03. The molecule has 7 nitrogen and oxygen atoms in total. The fourth-order valence-electron chi connectivity index (χ4n) is 1.83. The normalized spacial score (nSPS) is 12.0. The van der Waals surface area contributed by atoms with Crippen LogP contribution in [-0.2, 0) is 6.54 Å². The van der Waals surface area contributed by atoms with Crippen LogP contribution in [0.4, 0.5) is 5.95 Å². The summed E-state index contributed by atoms with van der Waals surface area (Å²) in [6.07, 6.45) is 1.97. The topological polar surface area (TPSA) is 81.9 Å². The minimum atomic E-state index is -0.248. The van der Waals surface area contributed by atoms with Crippen molar-refractivity contribution in [2.75, 3.05) is 5.32 Å². The van der Waals surface area contributed by atoms with Gasteiger partial charge in [0.15, 0.2) is 0 Å². The van der Waals surface area contributed by atoms with E-state index in [2.05, 4.69) is 27.8 Å². The number of aromatic nitrogens is 4. The Morgan fingerprint density at radius 3 is 2.68 bits per heavy atom. The van der Waals surface area contributed by atoms with Crippen molar-refractivity contribution >= 4 is 11.9 Å². The molecular formula is C15H21N5O2. The van der Waals surface area contributed by atoms with Crippen molar-refractivity contribution in [2.24, 2.45) is 0 Å². The first-order chi connectivity index (χ1) is 10.6. The van der Waals surface area contributed by atoms with Gasteiger partial charge in [-0.25, -0.2) is 4.68 Å². The average Bonchev–Trinajstić information content (AvgIpc) is 2.95. The van der Waals surface area contributed by atoms with Crippen molar-refractivity contribution in [3.63, 3.8) is 0 Å². The summed E-state index contributed by atoms with van der Waals surface area (Å²) in [6.45, 7) is 6.74. The highest BCUT2D eigenvalue weighted by Crippen LogP contribution is 2.15.